The first-order valence-electron chi connectivity index (χ1n) is 3.56. The quantitative estimate of drug-likeness (QED) is 0.673. The smallest absolute Gasteiger partial charge is 0.165 e. The Hall–Kier alpha value is -0.800. The Labute approximate surface area is 74.1 Å². The summed E-state index contributed by atoms with van der Waals surface area (Å²) in [6, 6.07) is 2.46. The molecule has 0 fully saturated rings. The van der Waals surface area contributed by atoms with E-state index in [4.69, 9.17) is 22.1 Å². The molecule has 0 radical (unpaired) electrons. The lowest BCUT2D eigenvalue weighted by Crippen LogP contribution is -2.11. The number of rotatable bonds is 0. The lowest BCUT2D eigenvalue weighted by atomic mass is 10.1. The number of fused-ring (bicyclic) bond motifs is 1. The fourth-order valence-corrected chi connectivity index (χ4v) is 1.59. The van der Waals surface area contributed by atoms with Gasteiger partial charge in [-0.15, -0.1) is 0 Å². The van der Waals surface area contributed by atoms with Crippen LogP contribution in [0.2, 0.25) is 5.02 Å². The van der Waals surface area contributed by atoms with Crippen LogP contribution in [0.25, 0.3) is 0 Å². The van der Waals surface area contributed by atoms with E-state index in [1.54, 1.807) is 0 Å². The molecule has 1 atom stereocenters. The molecule has 1 heterocycles. The van der Waals surface area contributed by atoms with Gasteiger partial charge in [-0.25, -0.2) is 4.39 Å². The minimum atomic E-state index is -0.401. The Morgan fingerprint density at radius 1 is 1.58 bits per heavy atom. The van der Waals surface area contributed by atoms with Gasteiger partial charge in [0.2, 0.25) is 0 Å². The van der Waals surface area contributed by atoms with Crippen molar-refractivity contribution in [2.45, 2.75) is 6.04 Å². The van der Waals surface area contributed by atoms with E-state index in [-0.39, 0.29) is 11.8 Å². The zero-order valence-electron chi connectivity index (χ0n) is 6.18. The average molecular weight is 188 g/mol. The molecule has 0 aromatic heterocycles. The van der Waals surface area contributed by atoms with Crippen LogP contribution in [-0.4, -0.2) is 6.61 Å². The molecule has 12 heavy (non-hydrogen) atoms. The van der Waals surface area contributed by atoms with E-state index in [0.717, 1.165) is 0 Å². The van der Waals surface area contributed by atoms with E-state index >= 15 is 0 Å². The first-order chi connectivity index (χ1) is 5.70. The maximum atomic E-state index is 13.0. The van der Waals surface area contributed by atoms with Crippen LogP contribution in [0.4, 0.5) is 4.39 Å². The Bertz CT molecular complexity index is 329. The number of ether oxygens (including phenoxy) is 1. The fraction of sp³-hybridized carbons (Fsp3) is 0.250. The topological polar surface area (TPSA) is 35.2 Å². The van der Waals surface area contributed by atoms with Crippen molar-refractivity contribution in [3.8, 4) is 5.75 Å². The highest BCUT2D eigenvalue weighted by Crippen LogP contribution is 2.38. The fourth-order valence-electron chi connectivity index (χ4n) is 1.30. The van der Waals surface area contributed by atoms with E-state index in [2.05, 4.69) is 0 Å². The van der Waals surface area contributed by atoms with Crippen molar-refractivity contribution < 1.29 is 9.13 Å². The number of hydrogen-bond donors (Lipinski definition) is 1. The largest absolute Gasteiger partial charge is 0.488 e. The lowest BCUT2D eigenvalue weighted by molar-refractivity contribution is 0.319. The van der Waals surface area contributed by atoms with Gasteiger partial charge in [0.1, 0.15) is 6.61 Å². The second-order valence-corrected chi connectivity index (χ2v) is 3.10. The van der Waals surface area contributed by atoms with Gasteiger partial charge in [-0.05, 0) is 12.1 Å². The van der Waals surface area contributed by atoms with Crippen molar-refractivity contribution in [2.24, 2.45) is 5.73 Å². The first kappa shape index (κ1) is 7.83. The van der Waals surface area contributed by atoms with Crippen molar-refractivity contribution in [1.82, 2.24) is 0 Å². The Kier molecular flexibility index (Phi) is 1.70. The van der Waals surface area contributed by atoms with E-state index in [0.29, 0.717) is 17.2 Å². The summed E-state index contributed by atoms with van der Waals surface area (Å²) in [6.07, 6.45) is 0. The van der Waals surface area contributed by atoms with Gasteiger partial charge in [0.05, 0.1) is 6.04 Å². The molecule has 1 unspecified atom stereocenters. The third-order valence-corrected chi connectivity index (χ3v) is 2.20. The molecule has 2 nitrogen and oxygen atoms in total. The molecule has 1 aromatic rings. The molecule has 0 amide bonds. The molecule has 2 N–H and O–H groups in total. The highest BCUT2D eigenvalue weighted by Gasteiger charge is 2.26. The van der Waals surface area contributed by atoms with Gasteiger partial charge in [-0.1, -0.05) is 11.6 Å². The number of nitrogens with two attached hydrogens (primary N) is 1. The van der Waals surface area contributed by atoms with Crippen LogP contribution in [0.3, 0.4) is 0 Å². The molecule has 1 aromatic carbocycles. The maximum absolute atomic E-state index is 13.0. The van der Waals surface area contributed by atoms with Crippen molar-refractivity contribution >= 4 is 11.6 Å². The van der Waals surface area contributed by atoms with E-state index in [1.807, 2.05) is 0 Å². The zero-order chi connectivity index (χ0) is 8.72. The van der Waals surface area contributed by atoms with E-state index in [9.17, 15) is 4.39 Å². The van der Waals surface area contributed by atoms with Crippen molar-refractivity contribution in [2.75, 3.05) is 6.61 Å². The molecule has 0 saturated heterocycles. The number of benzene rings is 1. The Balaban J connectivity index is 2.64. The summed E-state index contributed by atoms with van der Waals surface area (Å²) in [6.45, 7) is 0.302. The maximum Gasteiger partial charge on any atom is 0.165 e. The molecule has 1 aliphatic heterocycles. The van der Waals surface area contributed by atoms with Crippen LogP contribution in [0.1, 0.15) is 11.6 Å². The van der Waals surface area contributed by atoms with Gasteiger partial charge in [0.15, 0.2) is 11.6 Å². The van der Waals surface area contributed by atoms with Crippen LogP contribution < -0.4 is 10.5 Å². The van der Waals surface area contributed by atoms with E-state index in [1.165, 1.54) is 12.1 Å². The van der Waals surface area contributed by atoms with Gasteiger partial charge in [0, 0.05) is 10.6 Å². The van der Waals surface area contributed by atoms with Crippen LogP contribution in [0.5, 0.6) is 5.75 Å². The van der Waals surface area contributed by atoms with Crippen LogP contribution in [-0.2, 0) is 0 Å². The second-order valence-electron chi connectivity index (χ2n) is 2.69. The summed E-state index contributed by atoms with van der Waals surface area (Å²) >= 11 is 5.81. The SMILES string of the molecule is NC1COc2c(F)ccc(Cl)c21. The highest BCUT2D eigenvalue weighted by molar-refractivity contribution is 6.31. The Morgan fingerprint density at radius 2 is 2.33 bits per heavy atom. The third-order valence-electron chi connectivity index (χ3n) is 1.87. The van der Waals surface area contributed by atoms with Gasteiger partial charge >= 0.3 is 0 Å². The van der Waals surface area contributed by atoms with Gasteiger partial charge in [-0.2, -0.15) is 0 Å². The zero-order valence-corrected chi connectivity index (χ0v) is 6.94. The van der Waals surface area contributed by atoms with Gasteiger partial charge in [-0.3, -0.25) is 0 Å². The summed E-state index contributed by atoms with van der Waals surface area (Å²) in [4.78, 5) is 0. The van der Waals surface area contributed by atoms with Crippen molar-refractivity contribution in [3.63, 3.8) is 0 Å². The average Bonchev–Trinajstić information content (AvgIpc) is 2.42. The molecule has 1 aliphatic rings. The summed E-state index contributed by atoms with van der Waals surface area (Å²) in [7, 11) is 0. The predicted molar refractivity (Wildman–Crippen MR) is 43.8 cm³/mol. The molecule has 2 rings (SSSR count). The highest BCUT2D eigenvalue weighted by atomic mass is 35.5. The Morgan fingerprint density at radius 3 is 3.00 bits per heavy atom. The summed E-state index contributed by atoms with van der Waals surface area (Å²) < 4.78 is 18.0. The van der Waals surface area contributed by atoms with Crippen molar-refractivity contribution in [3.05, 3.63) is 28.5 Å². The molecule has 0 saturated carbocycles. The third kappa shape index (κ3) is 0.974. The minimum Gasteiger partial charge on any atom is -0.488 e. The molecular formula is C8H7ClFNO. The van der Waals surface area contributed by atoms with Crippen molar-refractivity contribution in [1.29, 1.82) is 0 Å². The molecule has 0 spiro atoms. The molecule has 64 valence electrons. The lowest BCUT2D eigenvalue weighted by Gasteiger charge is -2.03. The molecule has 0 aliphatic carbocycles. The summed E-state index contributed by atoms with van der Waals surface area (Å²) in [5, 5.41) is 0.469. The van der Waals surface area contributed by atoms with Gasteiger partial charge < -0.3 is 10.5 Å². The predicted octanol–water partition coefficient (Wildman–Crippen LogP) is 1.87. The molecule has 0 bridgehead atoms. The molecule has 4 heteroatoms. The van der Waals surface area contributed by atoms with Crippen LogP contribution in [0, 0.1) is 5.82 Å². The van der Waals surface area contributed by atoms with Gasteiger partial charge in [0.25, 0.3) is 0 Å². The number of hydrogen-bond acceptors (Lipinski definition) is 2. The normalized spacial score (nSPS) is 20.4. The summed E-state index contributed by atoms with van der Waals surface area (Å²) in [5.41, 5.74) is 6.22. The standard InChI is InChI=1S/C8H7ClFNO/c9-4-1-2-5(10)8-7(4)6(11)3-12-8/h1-2,6H,3,11H2. The van der Waals surface area contributed by atoms with Crippen LogP contribution >= 0.6 is 11.6 Å². The first-order valence-corrected chi connectivity index (χ1v) is 3.94. The second kappa shape index (κ2) is 2.61. The van der Waals surface area contributed by atoms with E-state index < -0.39 is 5.82 Å². The van der Waals surface area contributed by atoms with Crippen LogP contribution in [0.15, 0.2) is 12.1 Å². The molecular weight excluding hydrogens is 181 g/mol. The monoisotopic (exact) mass is 187 g/mol. The minimum absolute atomic E-state index is 0.204. The summed E-state index contributed by atoms with van der Waals surface area (Å²) in [5.74, 6) is -0.197. The number of halogens is 2.